The van der Waals surface area contributed by atoms with Crippen molar-refractivity contribution < 1.29 is 27.4 Å². The van der Waals surface area contributed by atoms with Crippen LogP contribution >= 0.6 is 0 Å². The van der Waals surface area contributed by atoms with E-state index in [0.717, 1.165) is 72.5 Å². The lowest BCUT2D eigenvalue weighted by atomic mass is 9.79. The molecule has 11 heteroatoms. The van der Waals surface area contributed by atoms with Crippen LogP contribution in [0.25, 0.3) is 27.5 Å². The van der Waals surface area contributed by atoms with Gasteiger partial charge in [0.15, 0.2) is 0 Å². The molecule has 1 aromatic heterocycles. The second-order valence-corrected chi connectivity index (χ2v) is 19.1. The molecule has 2 aliphatic rings. The molecule has 7 aromatic carbocycles. The molecule has 3 heterocycles. The van der Waals surface area contributed by atoms with Gasteiger partial charge in [-0.2, -0.15) is 0 Å². The summed E-state index contributed by atoms with van der Waals surface area (Å²) in [5.41, 5.74) is 8.13. The summed E-state index contributed by atoms with van der Waals surface area (Å²) in [5.74, 6) is -0.626. The molecule has 7 nitrogen and oxygen atoms in total. The van der Waals surface area contributed by atoms with Crippen molar-refractivity contribution in [1.82, 2.24) is 4.57 Å². The fraction of sp³-hybridized carbons (Fsp3) is 0.222. The first-order chi connectivity index (χ1) is 31.0. The van der Waals surface area contributed by atoms with Crippen molar-refractivity contribution in [1.29, 1.82) is 0 Å². The number of nitrogens with zero attached hydrogens (tertiary/aromatic N) is 3. The van der Waals surface area contributed by atoms with Gasteiger partial charge in [-0.25, -0.2) is 8.78 Å². The Bertz CT molecular complexity index is 2810. The number of anilines is 6. The van der Waals surface area contributed by atoms with E-state index in [0.29, 0.717) is 0 Å². The van der Waals surface area contributed by atoms with Gasteiger partial charge < -0.3 is 33.0 Å². The predicted octanol–water partition coefficient (Wildman–Crippen LogP) is 12.6. The van der Waals surface area contributed by atoms with Crippen LogP contribution in [-0.2, 0) is 18.6 Å². The number of halogens is 2. The lowest BCUT2D eigenvalue weighted by Gasteiger charge is -2.32. The van der Waals surface area contributed by atoms with Crippen LogP contribution in [0.15, 0.2) is 164 Å². The summed E-state index contributed by atoms with van der Waals surface area (Å²) in [6.07, 6.45) is 0. The van der Waals surface area contributed by atoms with E-state index < -0.39 is 36.6 Å². The minimum atomic E-state index is -0.509. The monoisotopic (exact) mass is 865 g/mol. The molecule has 10 rings (SSSR count). The third-order valence-electron chi connectivity index (χ3n) is 13.8. The minimum Gasteiger partial charge on any atom is -0.399 e. The van der Waals surface area contributed by atoms with Crippen molar-refractivity contribution in [3.63, 3.8) is 0 Å². The Labute approximate surface area is 380 Å². The standard InChI is InChI=1S/C54H51B2F2N3O4/c1-51(2)52(3,4)63-55(62-51)36-14-22-41(23-15-36)59(43-26-18-38(57)19-27-43)45-30-32-49-47(34-45)48-35-46(31-33-50(48)61(49)40-12-10-9-11-13-40)60(44-28-20-39(58)21-29-44)42-24-16-37(17-25-42)56-64-53(5,6)54(7,8)65-56/h9-35H,1-8H3. The Morgan fingerprint density at radius 1 is 0.385 bits per heavy atom. The quantitative estimate of drug-likeness (QED) is 0.135. The molecule has 0 bridgehead atoms. The highest BCUT2D eigenvalue weighted by molar-refractivity contribution is 6.62. The molecule has 0 spiro atoms. The van der Waals surface area contributed by atoms with Gasteiger partial charge in [0.1, 0.15) is 11.6 Å². The molecule has 65 heavy (non-hydrogen) atoms. The molecule has 326 valence electrons. The lowest BCUT2D eigenvalue weighted by molar-refractivity contribution is 0.00578. The van der Waals surface area contributed by atoms with E-state index in [1.54, 1.807) is 24.3 Å². The first kappa shape index (κ1) is 42.7. The maximum atomic E-state index is 14.5. The van der Waals surface area contributed by atoms with Crippen LogP contribution in [0.4, 0.5) is 42.9 Å². The predicted molar refractivity (Wildman–Crippen MR) is 261 cm³/mol. The first-order valence-corrected chi connectivity index (χ1v) is 22.1. The summed E-state index contributed by atoms with van der Waals surface area (Å²) in [6, 6.07) is 52.7. The van der Waals surface area contributed by atoms with E-state index in [4.69, 9.17) is 18.6 Å². The van der Waals surface area contributed by atoms with E-state index >= 15 is 0 Å². The molecule has 0 unspecified atom stereocenters. The zero-order chi connectivity index (χ0) is 45.5. The Hall–Kier alpha value is -6.23. The number of fused-ring (bicyclic) bond motifs is 3. The molecule has 0 radical (unpaired) electrons. The molecule has 0 saturated carbocycles. The van der Waals surface area contributed by atoms with Crippen LogP contribution in [0, 0.1) is 11.6 Å². The van der Waals surface area contributed by atoms with E-state index in [-0.39, 0.29) is 11.6 Å². The highest BCUT2D eigenvalue weighted by Crippen LogP contribution is 2.44. The van der Waals surface area contributed by atoms with Gasteiger partial charge in [0.25, 0.3) is 0 Å². The Morgan fingerprint density at radius 3 is 1.03 bits per heavy atom. The Morgan fingerprint density at radius 2 is 0.692 bits per heavy atom. The number of benzene rings is 7. The smallest absolute Gasteiger partial charge is 0.399 e. The van der Waals surface area contributed by atoms with Crippen LogP contribution in [0.1, 0.15) is 55.4 Å². The second kappa shape index (κ2) is 15.7. The highest BCUT2D eigenvalue weighted by Gasteiger charge is 2.52. The van der Waals surface area contributed by atoms with Gasteiger partial charge in [-0.15, -0.1) is 0 Å². The summed E-state index contributed by atoms with van der Waals surface area (Å²) in [7, 11) is -1.02. The van der Waals surface area contributed by atoms with Crippen molar-refractivity contribution in [3.05, 3.63) is 175 Å². The Balaban J connectivity index is 1.11. The molecule has 8 aromatic rings. The van der Waals surface area contributed by atoms with Gasteiger partial charge in [-0.1, -0.05) is 42.5 Å². The zero-order valence-corrected chi connectivity index (χ0v) is 38.0. The number of para-hydroxylation sites is 1. The molecular weight excluding hydrogens is 814 g/mol. The third-order valence-corrected chi connectivity index (χ3v) is 13.8. The highest BCUT2D eigenvalue weighted by atomic mass is 19.1. The fourth-order valence-corrected chi connectivity index (χ4v) is 8.73. The number of hydrogen-bond acceptors (Lipinski definition) is 6. The summed E-state index contributed by atoms with van der Waals surface area (Å²) in [6.45, 7) is 16.4. The molecule has 2 saturated heterocycles. The second-order valence-electron chi connectivity index (χ2n) is 19.1. The van der Waals surface area contributed by atoms with E-state index in [9.17, 15) is 8.78 Å². The molecular formula is C54H51B2F2N3O4. The van der Waals surface area contributed by atoms with Crippen LogP contribution in [-0.4, -0.2) is 41.2 Å². The molecule has 0 amide bonds. The lowest BCUT2D eigenvalue weighted by Crippen LogP contribution is -2.41. The van der Waals surface area contributed by atoms with Gasteiger partial charge in [-0.05, 0) is 188 Å². The maximum Gasteiger partial charge on any atom is 0.494 e. The average molecular weight is 866 g/mol. The van der Waals surface area contributed by atoms with Crippen LogP contribution < -0.4 is 20.7 Å². The number of hydrogen-bond donors (Lipinski definition) is 0. The summed E-state index contributed by atoms with van der Waals surface area (Å²) in [4.78, 5) is 4.27. The van der Waals surface area contributed by atoms with E-state index in [2.05, 4.69) is 87.2 Å². The SMILES string of the molecule is CC1(C)OB(c2ccc(N(c3ccc(F)cc3)c3ccc4c(c3)c3cc(N(c5ccc(F)cc5)c5ccc(B6OC(C)(C)C(C)(C)O6)cc5)ccc3n4-c3ccccc3)cc2)OC1(C)C. The van der Waals surface area contributed by atoms with Crippen molar-refractivity contribution in [2.24, 2.45) is 0 Å². The number of rotatable bonds is 9. The zero-order valence-electron chi connectivity index (χ0n) is 38.0. The summed E-state index contributed by atoms with van der Waals surface area (Å²) >= 11 is 0. The van der Waals surface area contributed by atoms with Gasteiger partial charge >= 0.3 is 14.2 Å². The molecule has 2 fully saturated rings. The average Bonchev–Trinajstić information content (AvgIpc) is 3.82. The third kappa shape index (κ3) is 7.60. The molecule has 2 aliphatic heterocycles. The van der Waals surface area contributed by atoms with E-state index in [1.165, 1.54) is 24.3 Å². The maximum absolute atomic E-state index is 14.5. The van der Waals surface area contributed by atoms with Gasteiger partial charge in [0.2, 0.25) is 0 Å². The van der Waals surface area contributed by atoms with Crippen LogP contribution in [0.5, 0.6) is 0 Å². The normalized spacial score (nSPS) is 17.3. The van der Waals surface area contributed by atoms with Gasteiger partial charge in [-0.3, -0.25) is 0 Å². The molecule has 0 atom stereocenters. The topological polar surface area (TPSA) is 48.3 Å². The van der Waals surface area contributed by atoms with Crippen molar-refractivity contribution in [3.8, 4) is 5.69 Å². The van der Waals surface area contributed by atoms with Crippen LogP contribution in [0.3, 0.4) is 0 Å². The number of aromatic nitrogens is 1. The van der Waals surface area contributed by atoms with Crippen molar-refractivity contribution >= 4 is 81.1 Å². The molecule has 0 N–H and O–H groups in total. The molecule has 0 aliphatic carbocycles. The summed E-state index contributed by atoms with van der Waals surface area (Å²) in [5, 5.41) is 2.03. The van der Waals surface area contributed by atoms with Gasteiger partial charge in [0, 0.05) is 50.6 Å². The minimum absolute atomic E-state index is 0.313. The van der Waals surface area contributed by atoms with Crippen molar-refractivity contribution in [2.75, 3.05) is 9.80 Å². The van der Waals surface area contributed by atoms with Gasteiger partial charge in [0.05, 0.1) is 33.4 Å². The first-order valence-electron chi connectivity index (χ1n) is 22.1. The van der Waals surface area contributed by atoms with Crippen LogP contribution in [0.2, 0.25) is 0 Å². The van der Waals surface area contributed by atoms with Crippen molar-refractivity contribution in [2.45, 2.75) is 77.8 Å². The Kier molecular flexibility index (Phi) is 10.3. The summed E-state index contributed by atoms with van der Waals surface area (Å²) < 4.78 is 56.8. The van der Waals surface area contributed by atoms with E-state index in [1.807, 2.05) is 97.9 Å². The largest absolute Gasteiger partial charge is 0.494 e. The fourth-order valence-electron chi connectivity index (χ4n) is 8.73.